The topological polar surface area (TPSA) is 55.4 Å². The molecule has 0 aromatic heterocycles. The average molecular weight is 321 g/mol. The van der Waals surface area contributed by atoms with Gasteiger partial charge in [-0.2, -0.15) is 0 Å². The summed E-state index contributed by atoms with van der Waals surface area (Å²) in [6, 6.07) is 8.24. The fourth-order valence-electron chi connectivity index (χ4n) is 2.43. The minimum Gasteiger partial charge on any atom is -0.491 e. The molecular formula is C17H23NO3S. The highest BCUT2D eigenvalue weighted by Gasteiger charge is 2.30. The lowest BCUT2D eigenvalue weighted by Crippen LogP contribution is -2.24. The highest BCUT2D eigenvalue weighted by Crippen LogP contribution is 2.24. The van der Waals surface area contributed by atoms with E-state index < -0.39 is 0 Å². The molecule has 1 N–H and O–H groups in total. The molecule has 1 aromatic carbocycles. The summed E-state index contributed by atoms with van der Waals surface area (Å²) in [5.41, 5.74) is 1.30. The van der Waals surface area contributed by atoms with Crippen LogP contribution in [0.5, 0.6) is 5.75 Å². The molecule has 2 rings (SSSR count). The van der Waals surface area contributed by atoms with Gasteiger partial charge in [-0.05, 0) is 50.8 Å². The predicted molar refractivity (Wildman–Crippen MR) is 89.3 cm³/mol. The summed E-state index contributed by atoms with van der Waals surface area (Å²) >= 11 is 1.12. The average Bonchev–Trinajstić information content (AvgIpc) is 2.78. The summed E-state index contributed by atoms with van der Waals surface area (Å²) in [4.78, 5) is 22.5. The van der Waals surface area contributed by atoms with Crippen LogP contribution in [0, 0.1) is 0 Å². The number of hydrogen-bond acceptors (Lipinski definition) is 4. The predicted octanol–water partition coefficient (Wildman–Crippen LogP) is 3.93. The Morgan fingerprint density at radius 1 is 1.14 bits per heavy atom. The number of carbonyl (C=O) groups is 2. The number of carbonyl (C=O) groups excluding carboxylic acids is 2. The lowest BCUT2D eigenvalue weighted by atomic mass is 10.1. The highest BCUT2D eigenvalue weighted by atomic mass is 32.2. The first-order valence-corrected chi connectivity index (χ1v) is 8.69. The van der Waals surface area contributed by atoms with Crippen LogP contribution in [0.1, 0.15) is 45.1 Å². The van der Waals surface area contributed by atoms with Crippen molar-refractivity contribution in [2.45, 2.75) is 57.3 Å². The van der Waals surface area contributed by atoms with Crippen molar-refractivity contribution in [3.63, 3.8) is 0 Å². The second-order valence-corrected chi connectivity index (χ2v) is 6.97. The van der Waals surface area contributed by atoms with Gasteiger partial charge in [0.25, 0.3) is 5.24 Å². The van der Waals surface area contributed by atoms with E-state index in [4.69, 9.17) is 4.74 Å². The van der Waals surface area contributed by atoms with Gasteiger partial charge < -0.3 is 4.74 Å². The lowest BCUT2D eigenvalue weighted by Gasteiger charge is -2.10. The van der Waals surface area contributed by atoms with Gasteiger partial charge in [0, 0.05) is 0 Å². The van der Waals surface area contributed by atoms with E-state index in [1.165, 1.54) is 5.56 Å². The SMILES string of the molecule is CC(C)Oc1ccc(CCCCC[C@@H]2SC(=O)NC2=O)cc1. The van der Waals surface area contributed by atoms with Gasteiger partial charge in [-0.1, -0.05) is 36.7 Å². The fraction of sp³-hybridized carbons (Fsp3) is 0.529. The van der Waals surface area contributed by atoms with Gasteiger partial charge in [0.1, 0.15) is 5.75 Å². The first-order valence-electron chi connectivity index (χ1n) is 7.81. The summed E-state index contributed by atoms with van der Waals surface area (Å²) in [7, 11) is 0. The van der Waals surface area contributed by atoms with E-state index in [1.807, 2.05) is 26.0 Å². The van der Waals surface area contributed by atoms with Crippen molar-refractivity contribution in [3.8, 4) is 5.75 Å². The number of unbranched alkanes of at least 4 members (excludes halogenated alkanes) is 2. The Labute approximate surface area is 136 Å². The molecule has 0 aliphatic carbocycles. The molecule has 4 nitrogen and oxygen atoms in total. The highest BCUT2D eigenvalue weighted by molar-refractivity contribution is 8.15. The maximum absolute atomic E-state index is 11.4. The standard InChI is InChI=1S/C17H23NO3S/c1-12(2)21-14-10-8-13(9-11-14)6-4-3-5-7-15-16(19)18-17(20)22-15/h8-12,15H,3-7H2,1-2H3,(H,18,19,20)/t15-/m0/s1. The number of aryl methyl sites for hydroxylation is 1. The van der Waals surface area contributed by atoms with Crippen molar-refractivity contribution >= 4 is 22.9 Å². The quantitative estimate of drug-likeness (QED) is 0.737. The van der Waals surface area contributed by atoms with E-state index >= 15 is 0 Å². The molecule has 1 aromatic rings. The van der Waals surface area contributed by atoms with Crippen LogP contribution in [-0.4, -0.2) is 22.5 Å². The molecule has 0 spiro atoms. The Balaban J connectivity index is 1.62. The first-order chi connectivity index (χ1) is 10.5. The molecule has 1 fully saturated rings. The first kappa shape index (κ1) is 16.9. The third-order valence-electron chi connectivity index (χ3n) is 3.49. The Hall–Kier alpha value is -1.49. The van der Waals surface area contributed by atoms with Gasteiger partial charge in [-0.15, -0.1) is 0 Å². The molecule has 1 heterocycles. The normalized spacial score (nSPS) is 17.9. The molecule has 1 atom stereocenters. The molecule has 120 valence electrons. The Morgan fingerprint density at radius 3 is 2.45 bits per heavy atom. The van der Waals surface area contributed by atoms with Crippen molar-refractivity contribution in [1.82, 2.24) is 5.32 Å². The van der Waals surface area contributed by atoms with Crippen LogP contribution in [-0.2, 0) is 11.2 Å². The van der Waals surface area contributed by atoms with Crippen LogP contribution in [0.3, 0.4) is 0 Å². The Kier molecular flexibility index (Phi) is 6.31. The van der Waals surface area contributed by atoms with Crippen LogP contribution >= 0.6 is 11.8 Å². The number of ether oxygens (including phenoxy) is 1. The van der Waals surface area contributed by atoms with E-state index in [1.54, 1.807) is 0 Å². The zero-order valence-corrected chi connectivity index (χ0v) is 13.9. The van der Waals surface area contributed by atoms with E-state index in [0.29, 0.717) is 0 Å². The number of nitrogens with one attached hydrogen (secondary N) is 1. The molecule has 0 radical (unpaired) electrons. The fourth-order valence-corrected chi connectivity index (χ4v) is 3.29. The molecule has 5 heteroatoms. The summed E-state index contributed by atoms with van der Waals surface area (Å²) < 4.78 is 5.62. The van der Waals surface area contributed by atoms with Crippen LogP contribution in [0.25, 0.3) is 0 Å². The molecular weight excluding hydrogens is 298 g/mol. The third kappa shape index (κ3) is 5.37. The van der Waals surface area contributed by atoms with E-state index in [0.717, 1.165) is 49.6 Å². The largest absolute Gasteiger partial charge is 0.491 e. The Morgan fingerprint density at radius 2 is 1.86 bits per heavy atom. The summed E-state index contributed by atoms with van der Waals surface area (Å²) in [5.74, 6) is 0.781. The second kappa shape index (κ2) is 8.22. The van der Waals surface area contributed by atoms with Crippen LogP contribution in [0.2, 0.25) is 0 Å². The molecule has 2 amide bonds. The summed E-state index contributed by atoms with van der Waals surface area (Å²) in [6.07, 6.45) is 5.16. The summed E-state index contributed by atoms with van der Waals surface area (Å²) in [5, 5.41) is 1.94. The van der Waals surface area contributed by atoms with E-state index in [9.17, 15) is 9.59 Å². The summed E-state index contributed by atoms with van der Waals surface area (Å²) in [6.45, 7) is 4.04. The zero-order chi connectivity index (χ0) is 15.9. The third-order valence-corrected chi connectivity index (χ3v) is 4.54. The maximum Gasteiger partial charge on any atom is 0.286 e. The van der Waals surface area contributed by atoms with Crippen LogP contribution in [0.4, 0.5) is 4.79 Å². The molecule has 0 bridgehead atoms. The van der Waals surface area contributed by atoms with E-state index in [2.05, 4.69) is 17.4 Å². The second-order valence-electron chi connectivity index (χ2n) is 5.79. The number of thioether (sulfide) groups is 1. The molecule has 0 saturated carbocycles. The monoisotopic (exact) mass is 321 g/mol. The van der Waals surface area contributed by atoms with E-state index in [-0.39, 0.29) is 22.5 Å². The molecule has 1 aliphatic heterocycles. The maximum atomic E-state index is 11.4. The van der Waals surface area contributed by atoms with Crippen molar-refractivity contribution in [2.24, 2.45) is 0 Å². The van der Waals surface area contributed by atoms with Gasteiger partial charge in [-0.25, -0.2) is 0 Å². The number of rotatable bonds is 8. The molecule has 22 heavy (non-hydrogen) atoms. The van der Waals surface area contributed by atoms with Crippen molar-refractivity contribution in [3.05, 3.63) is 29.8 Å². The van der Waals surface area contributed by atoms with Gasteiger partial charge >= 0.3 is 0 Å². The molecule has 1 saturated heterocycles. The minimum atomic E-state index is -0.210. The van der Waals surface area contributed by atoms with Crippen molar-refractivity contribution in [1.29, 1.82) is 0 Å². The van der Waals surface area contributed by atoms with Crippen LogP contribution < -0.4 is 10.1 Å². The number of imide groups is 1. The van der Waals surface area contributed by atoms with Gasteiger partial charge in [0.2, 0.25) is 5.91 Å². The van der Waals surface area contributed by atoms with Crippen LogP contribution in [0.15, 0.2) is 24.3 Å². The smallest absolute Gasteiger partial charge is 0.286 e. The van der Waals surface area contributed by atoms with Crippen molar-refractivity contribution < 1.29 is 14.3 Å². The van der Waals surface area contributed by atoms with Gasteiger partial charge in [0.05, 0.1) is 11.4 Å². The minimum absolute atomic E-state index is 0.129. The van der Waals surface area contributed by atoms with Gasteiger partial charge in [0.15, 0.2) is 0 Å². The number of amides is 2. The molecule has 1 aliphatic rings. The number of benzene rings is 1. The number of hydrogen-bond donors (Lipinski definition) is 1. The molecule has 0 unspecified atom stereocenters. The zero-order valence-electron chi connectivity index (χ0n) is 13.1. The lowest BCUT2D eigenvalue weighted by molar-refractivity contribution is -0.119. The Bertz CT molecular complexity index is 513. The van der Waals surface area contributed by atoms with Crippen molar-refractivity contribution in [2.75, 3.05) is 0 Å². The van der Waals surface area contributed by atoms with Gasteiger partial charge in [-0.3, -0.25) is 14.9 Å².